The van der Waals surface area contributed by atoms with Gasteiger partial charge in [0.05, 0.1) is 7.11 Å². The molecular formula is C30H48N4O2. The molecule has 0 saturated heterocycles. The standard InChI is InChI=1S/C30H48N4O2/c1-11-12-27(22(6)17-20(2)3)32-30-26(23(7)31-29(33-30)21(4)5)18-24-13-14-25(19-28(24)35-10)36-16-15-34(8)9/h13-14,19-21,27H,6,11-12,15-18H2,1-5,7-10H3,(H,31,32,33)/t27-/m0/s1. The molecule has 1 atom stereocenters. The number of hydrogen-bond donors (Lipinski definition) is 1. The van der Waals surface area contributed by atoms with Crippen molar-refractivity contribution < 1.29 is 9.47 Å². The second kappa shape index (κ2) is 14.2. The van der Waals surface area contributed by atoms with Gasteiger partial charge in [-0.2, -0.15) is 0 Å². The maximum Gasteiger partial charge on any atom is 0.133 e. The van der Waals surface area contributed by atoms with E-state index >= 15 is 0 Å². The number of methoxy groups -OCH3 is 1. The Kier molecular flexibility index (Phi) is 11.7. The second-order valence-corrected chi connectivity index (χ2v) is 10.7. The summed E-state index contributed by atoms with van der Waals surface area (Å²) in [6.45, 7) is 19.0. The van der Waals surface area contributed by atoms with Gasteiger partial charge in [-0.1, -0.05) is 59.3 Å². The maximum atomic E-state index is 5.92. The summed E-state index contributed by atoms with van der Waals surface area (Å²) in [6.07, 6.45) is 3.77. The van der Waals surface area contributed by atoms with Crippen LogP contribution in [0.4, 0.5) is 5.82 Å². The van der Waals surface area contributed by atoms with E-state index in [1.165, 1.54) is 5.57 Å². The largest absolute Gasteiger partial charge is 0.496 e. The smallest absolute Gasteiger partial charge is 0.133 e. The van der Waals surface area contributed by atoms with Crippen molar-refractivity contribution in [3.63, 3.8) is 0 Å². The van der Waals surface area contributed by atoms with Crippen molar-refractivity contribution in [1.29, 1.82) is 0 Å². The highest BCUT2D eigenvalue weighted by Gasteiger charge is 2.20. The van der Waals surface area contributed by atoms with E-state index in [2.05, 4.69) is 64.4 Å². The van der Waals surface area contributed by atoms with E-state index in [1.807, 2.05) is 26.2 Å². The summed E-state index contributed by atoms with van der Waals surface area (Å²) in [4.78, 5) is 12.0. The van der Waals surface area contributed by atoms with Crippen LogP contribution in [0.2, 0.25) is 0 Å². The lowest BCUT2D eigenvalue weighted by molar-refractivity contribution is 0.260. The maximum absolute atomic E-state index is 5.92. The Morgan fingerprint density at radius 1 is 1.14 bits per heavy atom. The molecule has 0 unspecified atom stereocenters. The number of nitrogens with one attached hydrogen (secondary N) is 1. The van der Waals surface area contributed by atoms with Crippen molar-refractivity contribution in [2.75, 3.05) is 39.7 Å². The fraction of sp³-hybridized carbons (Fsp3) is 0.600. The molecule has 0 radical (unpaired) electrons. The first-order valence-corrected chi connectivity index (χ1v) is 13.3. The van der Waals surface area contributed by atoms with Crippen LogP contribution >= 0.6 is 0 Å². The Hall–Kier alpha value is -2.60. The molecule has 1 heterocycles. The van der Waals surface area contributed by atoms with E-state index in [0.717, 1.165) is 65.8 Å². The van der Waals surface area contributed by atoms with Crippen LogP contribution in [0.15, 0.2) is 30.4 Å². The third-order valence-electron chi connectivity index (χ3n) is 6.23. The molecule has 6 heteroatoms. The molecule has 6 nitrogen and oxygen atoms in total. The van der Waals surface area contributed by atoms with Gasteiger partial charge in [-0.15, -0.1) is 0 Å². The summed E-state index contributed by atoms with van der Waals surface area (Å²) in [5.41, 5.74) is 4.40. The Bertz CT molecular complexity index is 985. The van der Waals surface area contributed by atoms with Gasteiger partial charge in [0.25, 0.3) is 0 Å². The lowest BCUT2D eigenvalue weighted by Crippen LogP contribution is -2.25. The fourth-order valence-corrected chi connectivity index (χ4v) is 4.20. The van der Waals surface area contributed by atoms with Gasteiger partial charge in [0, 0.05) is 42.2 Å². The van der Waals surface area contributed by atoms with Gasteiger partial charge in [-0.25, -0.2) is 9.97 Å². The van der Waals surface area contributed by atoms with Gasteiger partial charge in [0.2, 0.25) is 0 Å². The molecule has 200 valence electrons. The number of aromatic nitrogens is 2. The van der Waals surface area contributed by atoms with Crippen LogP contribution in [0, 0.1) is 12.8 Å². The van der Waals surface area contributed by atoms with E-state index in [0.29, 0.717) is 18.9 Å². The fourth-order valence-electron chi connectivity index (χ4n) is 4.20. The second-order valence-electron chi connectivity index (χ2n) is 10.7. The van der Waals surface area contributed by atoms with Crippen LogP contribution in [0.1, 0.15) is 82.4 Å². The van der Waals surface area contributed by atoms with E-state index < -0.39 is 0 Å². The van der Waals surface area contributed by atoms with E-state index in [-0.39, 0.29) is 12.0 Å². The van der Waals surface area contributed by atoms with Gasteiger partial charge in [-0.05, 0) is 51.4 Å². The molecular weight excluding hydrogens is 448 g/mol. The number of hydrogen-bond acceptors (Lipinski definition) is 6. The molecule has 0 saturated carbocycles. The highest BCUT2D eigenvalue weighted by molar-refractivity contribution is 5.53. The molecule has 2 aromatic rings. The van der Waals surface area contributed by atoms with Gasteiger partial charge in [-0.3, -0.25) is 0 Å². The predicted molar refractivity (Wildman–Crippen MR) is 152 cm³/mol. The number of benzene rings is 1. The number of nitrogens with zero attached hydrogens (tertiary/aromatic N) is 3. The molecule has 0 amide bonds. The zero-order chi connectivity index (χ0) is 26.8. The molecule has 0 fully saturated rings. The molecule has 0 aliphatic carbocycles. The number of anilines is 1. The van der Waals surface area contributed by atoms with Crippen LogP contribution < -0.4 is 14.8 Å². The minimum atomic E-state index is 0.180. The van der Waals surface area contributed by atoms with Crippen LogP contribution in [-0.2, 0) is 6.42 Å². The van der Waals surface area contributed by atoms with Crippen molar-refractivity contribution in [3.8, 4) is 11.5 Å². The van der Waals surface area contributed by atoms with Crippen molar-refractivity contribution >= 4 is 5.82 Å². The Morgan fingerprint density at radius 2 is 1.86 bits per heavy atom. The van der Waals surface area contributed by atoms with Crippen molar-refractivity contribution in [2.45, 2.75) is 79.2 Å². The average molecular weight is 497 g/mol. The van der Waals surface area contributed by atoms with Crippen LogP contribution in [0.5, 0.6) is 11.5 Å². The Labute approximate surface area is 219 Å². The predicted octanol–water partition coefficient (Wildman–Crippen LogP) is 6.63. The summed E-state index contributed by atoms with van der Waals surface area (Å²) >= 11 is 0. The molecule has 0 bridgehead atoms. The van der Waals surface area contributed by atoms with Gasteiger partial charge in [0.1, 0.15) is 29.7 Å². The summed E-state index contributed by atoms with van der Waals surface area (Å²) in [7, 11) is 5.79. The first kappa shape index (κ1) is 29.6. The topological polar surface area (TPSA) is 59.5 Å². The highest BCUT2D eigenvalue weighted by Crippen LogP contribution is 2.31. The summed E-state index contributed by atoms with van der Waals surface area (Å²) < 4.78 is 11.7. The molecule has 2 rings (SSSR count). The van der Waals surface area contributed by atoms with Crippen molar-refractivity contribution in [3.05, 3.63) is 53.0 Å². The quantitative estimate of drug-likeness (QED) is 0.279. The average Bonchev–Trinajstić information content (AvgIpc) is 2.80. The normalized spacial score (nSPS) is 12.3. The number of rotatable bonds is 15. The highest BCUT2D eigenvalue weighted by atomic mass is 16.5. The molecule has 1 aromatic carbocycles. The molecule has 36 heavy (non-hydrogen) atoms. The van der Waals surface area contributed by atoms with Crippen LogP contribution in [0.25, 0.3) is 0 Å². The third kappa shape index (κ3) is 8.81. The SMILES string of the molecule is C=C(CC(C)C)[C@H](CCC)Nc1nc(C(C)C)nc(C)c1Cc1ccc(OCCN(C)C)cc1OC. The van der Waals surface area contributed by atoms with E-state index in [9.17, 15) is 0 Å². The number of likely N-dealkylation sites (N-methyl/N-ethyl adjacent to an activating group) is 1. The summed E-state index contributed by atoms with van der Waals surface area (Å²) in [6, 6.07) is 6.26. The van der Waals surface area contributed by atoms with E-state index in [1.54, 1.807) is 7.11 Å². The van der Waals surface area contributed by atoms with Crippen LogP contribution in [0.3, 0.4) is 0 Å². The zero-order valence-electron chi connectivity index (χ0n) is 24.1. The van der Waals surface area contributed by atoms with E-state index in [4.69, 9.17) is 19.4 Å². The Balaban J connectivity index is 2.41. The zero-order valence-corrected chi connectivity index (χ0v) is 24.1. The number of ether oxygens (including phenoxy) is 2. The molecule has 0 aliphatic rings. The molecule has 0 spiro atoms. The van der Waals surface area contributed by atoms with Crippen molar-refractivity contribution in [1.82, 2.24) is 14.9 Å². The third-order valence-corrected chi connectivity index (χ3v) is 6.23. The molecule has 1 N–H and O–H groups in total. The van der Waals surface area contributed by atoms with Crippen LogP contribution in [-0.4, -0.2) is 55.3 Å². The Morgan fingerprint density at radius 3 is 2.44 bits per heavy atom. The van der Waals surface area contributed by atoms with Gasteiger partial charge < -0.3 is 19.7 Å². The number of aryl methyl sites for hydroxylation is 1. The first-order chi connectivity index (χ1) is 17.0. The monoisotopic (exact) mass is 496 g/mol. The first-order valence-electron chi connectivity index (χ1n) is 13.3. The summed E-state index contributed by atoms with van der Waals surface area (Å²) in [5, 5.41) is 3.78. The lowest BCUT2D eigenvalue weighted by atomic mass is 9.94. The minimum absolute atomic E-state index is 0.180. The van der Waals surface area contributed by atoms with Gasteiger partial charge >= 0.3 is 0 Å². The van der Waals surface area contributed by atoms with Crippen molar-refractivity contribution in [2.24, 2.45) is 5.92 Å². The lowest BCUT2D eigenvalue weighted by Gasteiger charge is -2.25. The molecule has 1 aromatic heterocycles. The molecule has 0 aliphatic heterocycles. The van der Waals surface area contributed by atoms with Gasteiger partial charge in [0.15, 0.2) is 0 Å². The summed E-state index contributed by atoms with van der Waals surface area (Å²) in [5.74, 6) is 4.20. The minimum Gasteiger partial charge on any atom is -0.496 e.